The van der Waals surface area contributed by atoms with E-state index >= 15 is 0 Å². The minimum Gasteiger partial charge on any atom is -0.319 e. The Morgan fingerprint density at radius 1 is 0.486 bits per heavy atom. The molecule has 0 aliphatic carbocycles. The summed E-state index contributed by atoms with van der Waals surface area (Å²) in [6.07, 6.45) is 2.46. The number of benzene rings is 5. The maximum Gasteiger partial charge on any atom is 0.0591 e. The SMILES string of the molecule is c1ccc(C2CC[C@@H](c3ccccc3)P2N2c3ccccc3-c3ccccc3P2c2ccccc2)cc1. The van der Waals surface area contributed by atoms with Crippen LogP contribution < -0.4 is 15.1 Å². The van der Waals surface area contributed by atoms with Gasteiger partial charge in [0.15, 0.2) is 0 Å². The molecule has 7 rings (SSSR count). The number of hydrogen-bond donors (Lipinski definition) is 0. The molecule has 1 saturated heterocycles. The molecule has 37 heavy (non-hydrogen) atoms. The summed E-state index contributed by atoms with van der Waals surface area (Å²) in [6, 6.07) is 52.2. The van der Waals surface area contributed by atoms with Crippen LogP contribution in [0, 0.1) is 0 Å². The van der Waals surface area contributed by atoms with Crippen LogP contribution in [0.3, 0.4) is 0 Å². The van der Waals surface area contributed by atoms with E-state index in [1.54, 1.807) is 0 Å². The van der Waals surface area contributed by atoms with E-state index < -0.39 is 16.1 Å². The van der Waals surface area contributed by atoms with Gasteiger partial charge in [0.05, 0.1) is 13.8 Å². The lowest BCUT2D eigenvalue weighted by atomic mass is 10.0. The van der Waals surface area contributed by atoms with E-state index in [0.29, 0.717) is 11.3 Å². The maximum atomic E-state index is 2.93. The van der Waals surface area contributed by atoms with Crippen LogP contribution in [0.5, 0.6) is 0 Å². The Hall–Kier alpha value is -3.24. The number of para-hydroxylation sites is 1. The highest BCUT2D eigenvalue weighted by atomic mass is 31.2. The smallest absolute Gasteiger partial charge is 0.0591 e. The van der Waals surface area contributed by atoms with E-state index in [0.717, 1.165) is 0 Å². The van der Waals surface area contributed by atoms with Crippen molar-refractivity contribution in [2.24, 2.45) is 0 Å². The Bertz CT molecular complexity index is 1460. The van der Waals surface area contributed by atoms with Gasteiger partial charge in [-0.05, 0) is 35.6 Å². The molecule has 0 bridgehead atoms. The summed E-state index contributed by atoms with van der Waals surface area (Å²) in [5.74, 6) is 0. The molecule has 2 aliphatic heterocycles. The van der Waals surface area contributed by atoms with Gasteiger partial charge in [-0.2, -0.15) is 0 Å². The molecule has 0 amide bonds. The Balaban J connectivity index is 1.49. The second-order valence-corrected chi connectivity index (χ2v) is 14.5. The molecule has 0 radical (unpaired) electrons. The molecule has 2 heterocycles. The van der Waals surface area contributed by atoms with Crippen molar-refractivity contribution < 1.29 is 0 Å². The van der Waals surface area contributed by atoms with Crippen molar-refractivity contribution >= 4 is 32.4 Å². The van der Waals surface area contributed by atoms with Gasteiger partial charge >= 0.3 is 0 Å². The van der Waals surface area contributed by atoms with Crippen molar-refractivity contribution in [2.75, 3.05) is 4.44 Å². The van der Waals surface area contributed by atoms with Crippen molar-refractivity contribution in [2.45, 2.75) is 24.2 Å². The van der Waals surface area contributed by atoms with E-state index in [4.69, 9.17) is 0 Å². The molecule has 4 atom stereocenters. The van der Waals surface area contributed by atoms with Gasteiger partial charge in [-0.15, -0.1) is 0 Å². The third kappa shape index (κ3) is 4.02. The van der Waals surface area contributed by atoms with Gasteiger partial charge in [0.2, 0.25) is 0 Å². The van der Waals surface area contributed by atoms with Crippen molar-refractivity contribution in [3.63, 3.8) is 0 Å². The van der Waals surface area contributed by atoms with Crippen molar-refractivity contribution in [3.8, 4) is 11.1 Å². The standard InChI is InChI=1S/C34H29NP2/c1-4-14-26(15-5-1)32-24-25-33(27-16-6-2-7-17-27)37(32)35-31-22-12-10-20-29(31)30-21-11-13-23-34(30)36(35)28-18-8-3-9-19-28/h1-23,32-33H,24-25H2/t32-,33?,36?,37?/m0/s1. The van der Waals surface area contributed by atoms with Gasteiger partial charge in [0.25, 0.3) is 0 Å². The van der Waals surface area contributed by atoms with Crippen LogP contribution in [0.4, 0.5) is 5.69 Å². The van der Waals surface area contributed by atoms with E-state index in [2.05, 4.69) is 144 Å². The van der Waals surface area contributed by atoms with Crippen LogP contribution >= 0.6 is 16.1 Å². The first kappa shape index (κ1) is 22.9. The van der Waals surface area contributed by atoms with Crippen molar-refractivity contribution in [3.05, 3.63) is 151 Å². The predicted octanol–water partition coefficient (Wildman–Crippen LogP) is 9.19. The topological polar surface area (TPSA) is 3.24 Å². The molecule has 0 N–H and O–H groups in total. The third-order valence-electron chi connectivity index (χ3n) is 7.67. The highest BCUT2D eigenvalue weighted by molar-refractivity contribution is 7.86. The van der Waals surface area contributed by atoms with Crippen molar-refractivity contribution in [1.29, 1.82) is 0 Å². The lowest BCUT2D eigenvalue weighted by Gasteiger charge is -2.47. The lowest BCUT2D eigenvalue weighted by molar-refractivity contribution is 0.765. The van der Waals surface area contributed by atoms with Gasteiger partial charge in [0.1, 0.15) is 0 Å². The normalized spacial score (nSPS) is 22.3. The lowest BCUT2D eigenvalue weighted by Crippen LogP contribution is -2.31. The van der Waals surface area contributed by atoms with E-state index in [9.17, 15) is 0 Å². The molecule has 1 nitrogen and oxygen atoms in total. The number of nitrogens with zero attached hydrogens (tertiary/aromatic N) is 1. The zero-order valence-electron chi connectivity index (χ0n) is 20.7. The first-order valence-corrected chi connectivity index (χ1v) is 15.8. The molecule has 180 valence electrons. The second-order valence-electron chi connectivity index (χ2n) is 9.78. The monoisotopic (exact) mass is 513 g/mol. The Morgan fingerprint density at radius 2 is 0.973 bits per heavy atom. The molecule has 1 fully saturated rings. The summed E-state index contributed by atoms with van der Waals surface area (Å²) in [5.41, 5.74) is 8.23. The maximum absolute atomic E-state index is 2.93. The molecule has 0 aromatic heterocycles. The van der Waals surface area contributed by atoms with Crippen LogP contribution in [-0.4, -0.2) is 0 Å². The fraction of sp³-hybridized carbons (Fsp3) is 0.118. The number of anilines is 1. The van der Waals surface area contributed by atoms with E-state index in [1.165, 1.54) is 51.4 Å². The zero-order valence-corrected chi connectivity index (χ0v) is 22.5. The average molecular weight is 514 g/mol. The predicted molar refractivity (Wildman–Crippen MR) is 162 cm³/mol. The van der Waals surface area contributed by atoms with Crippen LogP contribution in [0.25, 0.3) is 11.1 Å². The number of rotatable bonds is 4. The summed E-state index contributed by atoms with van der Waals surface area (Å²) in [7, 11) is -1.27. The summed E-state index contributed by atoms with van der Waals surface area (Å²) in [4.78, 5) is 0. The molecule has 3 heteroatoms. The molecular formula is C34H29NP2. The van der Waals surface area contributed by atoms with Gasteiger partial charge in [0, 0.05) is 35.6 Å². The first-order chi connectivity index (χ1) is 18.4. The largest absolute Gasteiger partial charge is 0.319 e. The van der Waals surface area contributed by atoms with Crippen LogP contribution in [-0.2, 0) is 0 Å². The molecule has 3 unspecified atom stereocenters. The van der Waals surface area contributed by atoms with Crippen molar-refractivity contribution in [1.82, 2.24) is 0 Å². The second kappa shape index (κ2) is 9.90. The highest BCUT2D eigenvalue weighted by Gasteiger charge is 2.46. The summed E-state index contributed by atoms with van der Waals surface area (Å²) >= 11 is 0. The van der Waals surface area contributed by atoms with E-state index in [1.807, 2.05) is 0 Å². The number of hydrogen-bond acceptors (Lipinski definition) is 1. The fourth-order valence-electron chi connectivity index (χ4n) is 6.07. The molecule has 0 spiro atoms. The fourth-order valence-corrected chi connectivity index (χ4v) is 13.6. The van der Waals surface area contributed by atoms with Crippen LogP contribution in [0.2, 0.25) is 0 Å². The van der Waals surface area contributed by atoms with Crippen LogP contribution in [0.15, 0.2) is 140 Å². The van der Waals surface area contributed by atoms with E-state index in [-0.39, 0.29) is 0 Å². The zero-order chi connectivity index (χ0) is 24.6. The van der Waals surface area contributed by atoms with Gasteiger partial charge in [-0.1, -0.05) is 133 Å². The number of fused-ring (bicyclic) bond motifs is 3. The van der Waals surface area contributed by atoms with Gasteiger partial charge in [-0.25, -0.2) is 0 Å². The quantitative estimate of drug-likeness (QED) is 0.217. The van der Waals surface area contributed by atoms with Gasteiger partial charge < -0.3 is 4.44 Å². The minimum absolute atomic E-state index is 0.536. The minimum atomic E-state index is -0.716. The molecule has 5 aromatic carbocycles. The molecule has 2 aliphatic rings. The Labute approximate surface area is 222 Å². The van der Waals surface area contributed by atoms with Gasteiger partial charge in [-0.3, -0.25) is 0 Å². The highest BCUT2D eigenvalue weighted by Crippen LogP contribution is 2.78. The molecule has 0 saturated carbocycles. The van der Waals surface area contributed by atoms with Crippen LogP contribution in [0.1, 0.15) is 35.3 Å². The summed E-state index contributed by atoms with van der Waals surface area (Å²) in [6.45, 7) is 0. The molecule has 5 aromatic rings. The summed E-state index contributed by atoms with van der Waals surface area (Å²) < 4.78 is 2.93. The Kier molecular flexibility index (Phi) is 6.14. The average Bonchev–Trinajstić information content (AvgIpc) is 3.42. The Morgan fingerprint density at radius 3 is 1.59 bits per heavy atom. The third-order valence-corrected chi connectivity index (χ3v) is 14.1. The molecular weight excluding hydrogens is 484 g/mol. The summed E-state index contributed by atoms with van der Waals surface area (Å²) in [5, 5.41) is 2.92. The first-order valence-electron chi connectivity index (χ1n) is 13.1.